The van der Waals surface area contributed by atoms with Crippen LogP contribution in [0.4, 0.5) is 0 Å². The van der Waals surface area contributed by atoms with E-state index in [2.05, 4.69) is 26.9 Å². The monoisotopic (exact) mass is 200 g/mol. The van der Waals surface area contributed by atoms with Gasteiger partial charge in [-0.05, 0) is 32.0 Å². The molecule has 0 spiro atoms. The van der Waals surface area contributed by atoms with E-state index in [0.29, 0.717) is 5.92 Å². The number of hydrogen-bond acceptors (Lipinski definition) is 2. The van der Waals surface area contributed by atoms with Crippen molar-refractivity contribution in [1.82, 2.24) is 0 Å². The summed E-state index contributed by atoms with van der Waals surface area (Å²) in [6, 6.07) is 1.02. The van der Waals surface area contributed by atoms with Crippen LogP contribution in [-0.4, -0.2) is 14.3 Å². The summed E-state index contributed by atoms with van der Waals surface area (Å²) in [5.74, 6) is 0.403. The quantitative estimate of drug-likeness (QED) is 0.515. The molecule has 0 amide bonds. The molecule has 0 aliphatic carbocycles. The van der Waals surface area contributed by atoms with Crippen LogP contribution in [0.25, 0.3) is 0 Å². The molecule has 0 radical (unpaired) electrons. The van der Waals surface area contributed by atoms with Crippen LogP contribution in [0.5, 0.6) is 0 Å². The van der Waals surface area contributed by atoms with Crippen molar-refractivity contribution in [3.8, 4) is 0 Å². The maximum absolute atomic E-state index is 11.2. The maximum atomic E-state index is 11.2. The van der Waals surface area contributed by atoms with Crippen LogP contribution in [0.2, 0.25) is 19.1 Å². The van der Waals surface area contributed by atoms with E-state index in [1.165, 1.54) is 6.08 Å². The molecule has 0 aromatic heterocycles. The molecular weight excluding hydrogens is 180 g/mol. The van der Waals surface area contributed by atoms with Gasteiger partial charge >= 0.3 is 5.97 Å². The van der Waals surface area contributed by atoms with E-state index in [9.17, 15) is 4.79 Å². The molecule has 2 nitrogen and oxygen atoms in total. The normalized spacial score (nSPS) is 12.5. The maximum Gasteiger partial charge on any atom is 0.317 e. The predicted molar refractivity (Wildman–Crippen MR) is 58.0 cm³/mol. The van der Waals surface area contributed by atoms with Crippen LogP contribution in [0, 0.1) is 5.92 Å². The second-order valence-corrected chi connectivity index (χ2v) is 8.41. The minimum absolute atomic E-state index is 0.195. The van der Waals surface area contributed by atoms with Gasteiger partial charge < -0.3 is 4.43 Å². The molecule has 0 aromatic carbocycles. The van der Waals surface area contributed by atoms with Gasteiger partial charge in [-0.1, -0.05) is 19.9 Å². The SMILES string of the molecule is CC=CC(=O)O[Si](C)(C)CC(C)C. The molecule has 0 aromatic rings. The van der Waals surface area contributed by atoms with Crippen molar-refractivity contribution >= 4 is 14.3 Å². The van der Waals surface area contributed by atoms with Crippen molar-refractivity contribution < 1.29 is 9.22 Å². The molecule has 13 heavy (non-hydrogen) atoms. The fraction of sp³-hybridized carbons (Fsp3) is 0.700. The van der Waals surface area contributed by atoms with Crippen molar-refractivity contribution in [3.63, 3.8) is 0 Å². The minimum atomic E-state index is -1.77. The van der Waals surface area contributed by atoms with E-state index in [1.807, 2.05) is 6.92 Å². The molecule has 0 fully saturated rings. The van der Waals surface area contributed by atoms with Gasteiger partial charge in [-0.25, -0.2) is 4.79 Å². The number of hydrogen-bond donors (Lipinski definition) is 0. The van der Waals surface area contributed by atoms with E-state index in [0.717, 1.165) is 6.04 Å². The summed E-state index contributed by atoms with van der Waals surface area (Å²) in [7, 11) is -1.77. The summed E-state index contributed by atoms with van der Waals surface area (Å²) in [6.07, 6.45) is 3.19. The van der Waals surface area contributed by atoms with Gasteiger partial charge in [0.1, 0.15) is 0 Å². The molecule has 0 saturated heterocycles. The Hall–Kier alpha value is -0.573. The summed E-state index contributed by atoms with van der Waals surface area (Å²) < 4.78 is 5.40. The van der Waals surface area contributed by atoms with Gasteiger partial charge in [0, 0.05) is 6.08 Å². The van der Waals surface area contributed by atoms with Crippen molar-refractivity contribution in [3.05, 3.63) is 12.2 Å². The Morgan fingerprint density at radius 1 is 1.46 bits per heavy atom. The highest BCUT2D eigenvalue weighted by Gasteiger charge is 2.26. The molecule has 0 aliphatic heterocycles. The standard InChI is InChI=1S/C10H20O2Si/c1-6-7-10(11)12-13(4,5)8-9(2)3/h6-7,9H,8H2,1-5H3. The van der Waals surface area contributed by atoms with Gasteiger partial charge in [0.2, 0.25) is 8.32 Å². The van der Waals surface area contributed by atoms with Crippen LogP contribution in [0.15, 0.2) is 12.2 Å². The second kappa shape index (κ2) is 5.22. The Labute approximate surface area is 82.1 Å². The van der Waals surface area contributed by atoms with Crippen LogP contribution in [-0.2, 0) is 9.22 Å². The van der Waals surface area contributed by atoms with Gasteiger partial charge in [0.15, 0.2) is 0 Å². The molecule has 0 heterocycles. The Bertz CT molecular complexity index is 195. The molecule has 0 unspecified atom stereocenters. The molecule has 0 rings (SSSR count). The highest BCUT2D eigenvalue weighted by molar-refractivity contribution is 6.72. The molecule has 3 heteroatoms. The molecule has 0 bridgehead atoms. The highest BCUT2D eigenvalue weighted by Crippen LogP contribution is 2.17. The molecule has 0 atom stereocenters. The fourth-order valence-electron chi connectivity index (χ4n) is 1.47. The van der Waals surface area contributed by atoms with E-state index in [1.54, 1.807) is 6.08 Å². The average Bonchev–Trinajstić information content (AvgIpc) is 1.81. The molecule has 76 valence electrons. The summed E-state index contributed by atoms with van der Waals surface area (Å²) in [5, 5.41) is 0. The summed E-state index contributed by atoms with van der Waals surface area (Å²) in [5.41, 5.74) is 0. The number of carbonyl (C=O) groups is 1. The van der Waals surface area contributed by atoms with Crippen LogP contribution in [0.1, 0.15) is 20.8 Å². The fourth-order valence-corrected chi connectivity index (χ4v) is 4.13. The van der Waals surface area contributed by atoms with Gasteiger partial charge in [-0.3, -0.25) is 0 Å². The highest BCUT2D eigenvalue weighted by atomic mass is 28.4. The molecule has 0 saturated carbocycles. The van der Waals surface area contributed by atoms with Gasteiger partial charge in [0.05, 0.1) is 0 Å². The zero-order valence-corrected chi connectivity index (χ0v) is 10.3. The lowest BCUT2D eigenvalue weighted by Gasteiger charge is -2.23. The minimum Gasteiger partial charge on any atom is -0.517 e. The zero-order chi connectivity index (χ0) is 10.5. The third-order valence-electron chi connectivity index (χ3n) is 1.58. The lowest BCUT2D eigenvalue weighted by molar-refractivity contribution is -0.129. The van der Waals surface area contributed by atoms with Crippen molar-refractivity contribution in [2.75, 3.05) is 0 Å². The number of allylic oxidation sites excluding steroid dienone is 1. The van der Waals surface area contributed by atoms with Gasteiger partial charge in [0.25, 0.3) is 0 Å². The topological polar surface area (TPSA) is 26.3 Å². The molecule has 0 aliphatic rings. The van der Waals surface area contributed by atoms with Crippen molar-refractivity contribution in [1.29, 1.82) is 0 Å². The Morgan fingerprint density at radius 2 is 2.00 bits per heavy atom. The van der Waals surface area contributed by atoms with Crippen LogP contribution >= 0.6 is 0 Å². The number of rotatable bonds is 4. The first-order valence-electron chi connectivity index (χ1n) is 4.73. The number of carbonyl (C=O) groups excluding carboxylic acids is 1. The van der Waals surface area contributed by atoms with E-state index >= 15 is 0 Å². The molecular formula is C10H20O2Si. The van der Waals surface area contributed by atoms with Crippen LogP contribution < -0.4 is 0 Å². The van der Waals surface area contributed by atoms with E-state index in [4.69, 9.17) is 4.43 Å². The zero-order valence-electron chi connectivity index (χ0n) is 9.26. The summed E-state index contributed by atoms with van der Waals surface area (Å²) >= 11 is 0. The predicted octanol–water partition coefficient (Wildman–Crippen LogP) is 2.97. The average molecular weight is 200 g/mol. The third-order valence-corrected chi connectivity index (χ3v) is 4.13. The van der Waals surface area contributed by atoms with E-state index in [-0.39, 0.29) is 5.97 Å². The first-order chi connectivity index (χ1) is 5.87. The third kappa shape index (κ3) is 6.58. The Morgan fingerprint density at radius 3 is 2.38 bits per heavy atom. The lowest BCUT2D eigenvalue weighted by Crippen LogP contribution is -2.34. The lowest BCUT2D eigenvalue weighted by atomic mass is 10.3. The Kier molecular flexibility index (Phi) is 4.99. The molecule has 0 N–H and O–H groups in total. The summed E-state index contributed by atoms with van der Waals surface area (Å²) in [4.78, 5) is 11.2. The van der Waals surface area contributed by atoms with Crippen molar-refractivity contribution in [2.45, 2.75) is 39.9 Å². The van der Waals surface area contributed by atoms with Crippen LogP contribution in [0.3, 0.4) is 0 Å². The summed E-state index contributed by atoms with van der Waals surface area (Å²) in [6.45, 7) is 10.3. The van der Waals surface area contributed by atoms with Gasteiger partial charge in [-0.15, -0.1) is 0 Å². The van der Waals surface area contributed by atoms with Gasteiger partial charge in [-0.2, -0.15) is 0 Å². The van der Waals surface area contributed by atoms with E-state index < -0.39 is 8.32 Å². The first-order valence-corrected chi connectivity index (χ1v) is 7.84. The first kappa shape index (κ1) is 12.4. The Balaban J connectivity index is 4.08. The van der Waals surface area contributed by atoms with Crippen molar-refractivity contribution in [2.24, 2.45) is 5.92 Å². The second-order valence-electron chi connectivity index (χ2n) is 4.28. The largest absolute Gasteiger partial charge is 0.517 e. The smallest absolute Gasteiger partial charge is 0.317 e.